The molecule has 14 heteroatoms. The van der Waals surface area contributed by atoms with E-state index in [1.807, 2.05) is 12.2 Å². The zero-order valence-electron chi connectivity index (χ0n) is 39.3. The van der Waals surface area contributed by atoms with Crippen LogP contribution >= 0.6 is 0 Å². The highest BCUT2D eigenvalue weighted by molar-refractivity contribution is 6.74. The van der Waals surface area contributed by atoms with Crippen molar-refractivity contribution in [1.29, 1.82) is 0 Å². The van der Waals surface area contributed by atoms with E-state index in [9.17, 15) is 14.9 Å². The van der Waals surface area contributed by atoms with Gasteiger partial charge in [-0.25, -0.2) is 4.79 Å². The monoisotopic (exact) mass is 864 g/mol. The highest BCUT2D eigenvalue weighted by atomic mass is 28.4. The largest absolute Gasteiger partial charge is 0.493 e. The number of methoxy groups -OCH3 is 5. The Hall–Kier alpha value is -3.28. The molecule has 1 rings (SSSR count). The van der Waals surface area contributed by atoms with Gasteiger partial charge in [0, 0.05) is 31.3 Å². The van der Waals surface area contributed by atoms with Gasteiger partial charge in [-0.05, 0) is 74.4 Å². The Labute approximate surface area is 358 Å². The average molecular weight is 864 g/mol. The number of nitrogens with zero attached hydrogens (tertiary/aromatic N) is 1. The number of carbonyl (C=O) groups excluding carboxylic acids is 1. The maximum atomic E-state index is 12.4. The average Bonchev–Trinajstić information content (AvgIpc) is 3.19. The van der Waals surface area contributed by atoms with Gasteiger partial charge in [0.05, 0.1) is 50.6 Å². The summed E-state index contributed by atoms with van der Waals surface area (Å²) < 4.78 is 49.1. The lowest BCUT2D eigenvalue weighted by molar-refractivity contribution is -0.385. The second kappa shape index (κ2) is 24.9. The van der Waals surface area contributed by atoms with Crippen molar-refractivity contribution >= 4 is 28.3 Å². The van der Waals surface area contributed by atoms with E-state index in [1.165, 1.54) is 33.5 Å². The number of rotatable bonds is 27. The molecule has 1 aromatic carbocycles. The minimum Gasteiger partial charge on any atom is -0.493 e. The summed E-state index contributed by atoms with van der Waals surface area (Å²) in [7, 11) is 3.28. The van der Waals surface area contributed by atoms with Crippen LogP contribution in [-0.4, -0.2) is 94.1 Å². The molecule has 0 N–H and O–H groups in total. The van der Waals surface area contributed by atoms with Crippen LogP contribution in [0.5, 0.6) is 17.2 Å². The third-order valence-electron chi connectivity index (χ3n) is 11.9. The van der Waals surface area contributed by atoms with Crippen molar-refractivity contribution in [2.45, 2.75) is 143 Å². The van der Waals surface area contributed by atoms with Gasteiger partial charge in [0.1, 0.15) is 12.7 Å². The molecule has 0 saturated heterocycles. The smallest absolute Gasteiger partial charge is 0.334 e. The van der Waals surface area contributed by atoms with E-state index in [2.05, 4.69) is 88.1 Å². The minimum absolute atomic E-state index is 0.0489. The fourth-order valence-corrected chi connectivity index (χ4v) is 11.3. The molecule has 0 amide bonds. The maximum absolute atomic E-state index is 12.4. The van der Waals surface area contributed by atoms with Crippen LogP contribution in [0.25, 0.3) is 0 Å². The number of hydrogen-bond donors (Lipinski definition) is 0. The molecule has 0 bridgehead atoms. The van der Waals surface area contributed by atoms with Gasteiger partial charge in [-0.2, -0.15) is 0 Å². The van der Waals surface area contributed by atoms with Gasteiger partial charge in [0.2, 0.25) is 5.75 Å². The first-order valence-electron chi connectivity index (χ1n) is 20.8. The zero-order chi connectivity index (χ0) is 45.3. The number of hydrogen-bond acceptors (Lipinski definition) is 11. The Morgan fingerprint density at radius 2 is 1.53 bits per heavy atom. The lowest BCUT2D eigenvalue weighted by Crippen LogP contribution is -2.50. The summed E-state index contributed by atoms with van der Waals surface area (Å²) in [5, 5.41) is 12.0. The Morgan fingerprint density at radius 3 is 1.98 bits per heavy atom. The number of carbonyl (C=O) groups is 1. The second-order valence-corrected chi connectivity index (χ2v) is 26.4. The Balaban J connectivity index is 3.87. The SMILES string of the molecule is C=CCOC(=O)/C(C)=C/C=C\[C@H](OC)[C@@H](O[Si](CC)(CC)CC)/C(C)=C/[C@H](C)[C@@H](O[Si](C)(C)C(C)(C)C)[C@H](C[C@H](C)Cc1c(OC)c(OC)cc([N+](=O)[O-])c1OC)OC. The third kappa shape index (κ3) is 15.0. The molecule has 0 aliphatic carbocycles. The van der Waals surface area contributed by atoms with Crippen LogP contribution in [0.1, 0.15) is 81.2 Å². The van der Waals surface area contributed by atoms with Crippen LogP contribution in [0.3, 0.4) is 0 Å². The van der Waals surface area contributed by atoms with Crippen LogP contribution in [0.4, 0.5) is 5.69 Å². The van der Waals surface area contributed by atoms with Crippen molar-refractivity contribution in [3.63, 3.8) is 0 Å². The van der Waals surface area contributed by atoms with Gasteiger partial charge >= 0.3 is 11.7 Å². The normalized spacial score (nSPS) is 16.2. The highest BCUT2D eigenvalue weighted by Crippen LogP contribution is 2.46. The van der Waals surface area contributed by atoms with Gasteiger partial charge < -0.3 is 37.3 Å². The van der Waals surface area contributed by atoms with Crippen LogP contribution in [-0.2, 0) is 34.3 Å². The Morgan fingerprint density at radius 1 is 0.932 bits per heavy atom. The van der Waals surface area contributed by atoms with Crippen LogP contribution in [0.2, 0.25) is 36.3 Å². The molecule has 59 heavy (non-hydrogen) atoms. The zero-order valence-corrected chi connectivity index (χ0v) is 41.3. The van der Waals surface area contributed by atoms with E-state index >= 15 is 0 Å². The molecule has 0 aliphatic heterocycles. The number of benzene rings is 1. The number of esters is 1. The summed E-state index contributed by atoms with van der Waals surface area (Å²) in [4.78, 5) is 24.0. The van der Waals surface area contributed by atoms with E-state index in [0.29, 0.717) is 29.7 Å². The Bertz CT molecular complexity index is 1590. The van der Waals surface area contributed by atoms with Gasteiger partial charge in [0.25, 0.3) is 0 Å². The molecule has 1 aromatic rings. The Kier molecular flexibility index (Phi) is 22.6. The quantitative estimate of drug-likeness (QED) is 0.0159. The van der Waals surface area contributed by atoms with E-state index < -0.39 is 39.7 Å². The van der Waals surface area contributed by atoms with Crippen LogP contribution in [0, 0.1) is 22.0 Å². The van der Waals surface area contributed by atoms with Crippen molar-refractivity contribution in [3.8, 4) is 17.2 Å². The predicted octanol–water partition coefficient (Wildman–Crippen LogP) is 10.8. The van der Waals surface area contributed by atoms with Crippen molar-refractivity contribution in [2.75, 3.05) is 42.2 Å². The number of nitro groups is 1. The fraction of sp³-hybridized carbons (Fsp3) is 0.667. The molecule has 0 aromatic heterocycles. The molecular formula is C45H77NO11Si2. The van der Waals surface area contributed by atoms with Crippen molar-refractivity contribution in [2.24, 2.45) is 11.8 Å². The number of nitro benzene ring substituents is 1. The van der Waals surface area contributed by atoms with Crippen LogP contribution in [0.15, 0.2) is 54.2 Å². The van der Waals surface area contributed by atoms with Crippen LogP contribution < -0.4 is 14.2 Å². The predicted molar refractivity (Wildman–Crippen MR) is 243 cm³/mol. The first-order valence-corrected chi connectivity index (χ1v) is 26.2. The van der Waals surface area contributed by atoms with Gasteiger partial charge in [-0.15, -0.1) is 0 Å². The molecule has 0 saturated carbocycles. The highest BCUT2D eigenvalue weighted by Gasteiger charge is 2.43. The molecule has 336 valence electrons. The number of ether oxygens (including phenoxy) is 6. The molecule has 0 spiro atoms. The van der Waals surface area contributed by atoms with E-state index in [-0.39, 0.29) is 52.9 Å². The summed E-state index contributed by atoms with van der Waals surface area (Å²) >= 11 is 0. The summed E-state index contributed by atoms with van der Waals surface area (Å²) in [5.74, 6) is 0.220. The van der Waals surface area contributed by atoms with E-state index in [1.54, 1.807) is 27.2 Å². The fourth-order valence-electron chi connectivity index (χ4n) is 7.04. The lowest BCUT2D eigenvalue weighted by Gasteiger charge is -2.43. The van der Waals surface area contributed by atoms with Crippen molar-refractivity contribution in [3.05, 3.63) is 69.8 Å². The van der Waals surface area contributed by atoms with Crippen molar-refractivity contribution < 1.29 is 47.0 Å². The molecule has 0 unspecified atom stereocenters. The minimum atomic E-state index is -2.36. The van der Waals surface area contributed by atoms with Gasteiger partial charge in [-0.3, -0.25) is 10.1 Å². The summed E-state index contributed by atoms with van der Waals surface area (Å²) in [6.45, 7) is 29.6. The summed E-state index contributed by atoms with van der Waals surface area (Å²) in [6.07, 6.45) is 8.69. The van der Waals surface area contributed by atoms with Gasteiger partial charge in [0.15, 0.2) is 28.1 Å². The molecule has 12 nitrogen and oxygen atoms in total. The summed E-state index contributed by atoms with van der Waals surface area (Å²) in [6, 6.07) is 4.21. The molecular weight excluding hydrogens is 787 g/mol. The molecule has 6 atom stereocenters. The van der Waals surface area contributed by atoms with Crippen molar-refractivity contribution in [1.82, 2.24) is 0 Å². The number of allylic oxidation sites excluding steroid dienone is 2. The topological polar surface area (TPSA) is 134 Å². The first-order chi connectivity index (χ1) is 27.6. The maximum Gasteiger partial charge on any atom is 0.334 e. The second-order valence-electron chi connectivity index (χ2n) is 16.9. The summed E-state index contributed by atoms with van der Waals surface area (Å²) in [5.41, 5.74) is 1.84. The standard InChI is InChI=1S/C45H77NO11Si2/c1-19-26-55-44(47)32(6)24-23-25-37(50-12)40(57-59(20-2,21-3)22-4)33(7)29-34(8)41(56-58(17,18)45(9,10)11)38(51-13)28-31(5)27-35-42(53-15)36(46(48)49)30-39(52-14)43(35)54-16/h19,23-25,29-31,34,37-38,40-41H,1,20-22,26-28H2,2-18H3/b25-23-,32-24+,33-29+/t31-,34+,37+,38+,40+,41-/m1/s1. The molecule has 0 fully saturated rings. The lowest BCUT2D eigenvalue weighted by atomic mass is 9.87. The van der Waals surface area contributed by atoms with E-state index in [4.69, 9.17) is 37.3 Å². The molecule has 0 heterocycles. The first kappa shape index (κ1) is 53.7. The van der Waals surface area contributed by atoms with Gasteiger partial charge in [-0.1, -0.05) is 92.3 Å². The third-order valence-corrected chi connectivity index (χ3v) is 21.0. The molecule has 0 radical (unpaired) electrons. The van der Waals surface area contributed by atoms with E-state index in [0.717, 1.165) is 23.7 Å². The molecule has 0 aliphatic rings.